The third-order valence-electron chi connectivity index (χ3n) is 4.35. The van der Waals surface area contributed by atoms with Gasteiger partial charge in [-0.15, -0.1) is 11.3 Å². The maximum Gasteiger partial charge on any atom is 0.348 e. The van der Waals surface area contributed by atoms with Crippen LogP contribution in [0.1, 0.15) is 49.4 Å². The number of benzene rings is 1. The van der Waals surface area contributed by atoms with E-state index in [-0.39, 0.29) is 33.6 Å². The molecule has 0 aliphatic carbocycles. The van der Waals surface area contributed by atoms with E-state index in [9.17, 15) is 18.8 Å². The van der Waals surface area contributed by atoms with Gasteiger partial charge < -0.3 is 14.8 Å². The van der Waals surface area contributed by atoms with Crippen LogP contribution in [-0.2, 0) is 9.47 Å². The van der Waals surface area contributed by atoms with E-state index in [0.717, 1.165) is 11.3 Å². The number of nitrogens with one attached hydrogen (secondary N) is 2. The summed E-state index contributed by atoms with van der Waals surface area (Å²) in [6.07, 6.45) is 0.626. The molecular weight excluding hydrogens is 425 g/mol. The number of hydrogen-bond acceptors (Lipinski definition) is 7. The summed E-state index contributed by atoms with van der Waals surface area (Å²) in [6.45, 7) is 3.65. The topological polar surface area (TPSA) is 110 Å². The molecule has 0 unspecified atom stereocenters. The van der Waals surface area contributed by atoms with Crippen molar-refractivity contribution < 1.29 is 28.2 Å². The van der Waals surface area contributed by atoms with Crippen LogP contribution in [0.3, 0.4) is 0 Å². The SMILES string of the molecule is CCCOC(=O)c1c(NC(=O)c2cc(-c3ccc(F)cc3)n[nH]2)sc(C(=O)OC)c1C. The number of halogens is 1. The molecule has 0 bridgehead atoms. The van der Waals surface area contributed by atoms with Crippen LogP contribution in [0.2, 0.25) is 0 Å². The van der Waals surface area contributed by atoms with E-state index in [1.807, 2.05) is 6.92 Å². The van der Waals surface area contributed by atoms with Crippen molar-refractivity contribution in [3.05, 3.63) is 57.8 Å². The number of anilines is 1. The Kier molecular flexibility index (Phi) is 6.81. The Hall–Kier alpha value is -3.53. The van der Waals surface area contributed by atoms with Gasteiger partial charge >= 0.3 is 11.9 Å². The van der Waals surface area contributed by atoms with Gasteiger partial charge in [0, 0.05) is 5.56 Å². The number of rotatable bonds is 7. The molecule has 8 nitrogen and oxygen atoms in total. The van der Waals surface area contributed by atoms with Gasteiger partial charge in [-0.1, -0.05) is 6.92 Å². The highest BCUT2D eigenvalue weighted by molar-refractivity contribution is 7.18. The summed E-state index contributed by atoms with van der Waals surface area (Å²) in [6, 6.07) is 7.17. The predicted octanol–water partition coefficient (Wildman–Crippen LogP) is 4.19. The van der Waals surface area contributed by atoms with E-state index in [4.69, 9.17) is 9.47 Å². The third-order valence-corrected chi connectivity index (χ3v) is 5.54. The molecule has 0 aliphatic rings. The van der Waals surface area contributed by atoms with E-state index in [1.54, 1.807) is 19.1 Å². The normalized spacial score (nSPS) is 10.6. The summed E-state index contributed by atoms with van der Waals surface area (Å²) >= 11 is 0.925. The standard InChI is InChI=1S/C21H20FN3O5S/c1-4-9-30-20(27)16-11(2)17(21(28)29-3)31-19(16)23-18(26)15-10-14(24-25-15)12-5-7-13(22)8-6-12/h5-8,10H,4,9H2,1-3H3,(H,23,26)(H,24,25). The molecule has 31 heavy (non-hydrogen) atoms. The van der Waals surface area contributed by atoms with Crippen LogP contribution in [0.15, 0.2) is 30.3 Å². The molecule has 10 heteroatoms. The summed E-state index contributed by atoms with van der Waals surface area (Å²) in [7, 11) is 1.23. The fourth-order valence-corrected chi connectivity index (χ4v) is 3.89. The van der Waals surface area contributed by atoms with Crippen molar-refractivity contribution in [3.8, 4) is 11.3 Å². The van der Waals surface area contributed by atoms with Crippen molar-refractivity contribution in [1.82, 2.24) is 10.2 Å². The molecule has 1 amide bonds. The average Bonchev–Trinajstić information content (AvgIpc) is 3.37. The van der Waals surface area contributed by atoms with Crippen molar-refractivity contribution in [2.45, 2.75) is 20.3 Å². The monoisotopic (exact) mass is 445 g/mol. The Morgan fingerprint density at radius 1 is 1.19 bits per heavy atom. The molecule has 3 rings (SSSR count). The summed E-state index contributed by atoms with van der Waals surface area (Å²) < 4.78 is 23.1. The lowest BCUT2D eigenvalue weighted by atomic mass is 10.1. The van der Waals surface area contributed by atoms with Gasteiger partial charge in [0.2, 0.25) is 0 Å². The van der Waals surface area contributed by atoms with Crippen molar-refractivity contribution in [2.24, 2.45) is 0 Å². The molecule has 1 aromatic carbocycles. The van der Waals surface area contributed by atoms with E-state index in [1.165, 1.54) is 25.3 Å². The molecule has 162 valence electrons. The molecule has 3 aromatic rings. The predicted molar refractivity (Wildman–Crippen MR) is 113 cm³/mol. The first-order valence-corrected chi connectivity index (χ1v) is 10.2. The number of aromatic amines is 1. The van der Waals surface area contributed by atoms with Crippen LogP contribution in [0.25, 0.3) is 11.3 Å². The first-order valence-electron chi connectivity index (χ1n) is 9.37. The van der Waals surface area contributed by atoms with Crippen molar-refractivity contribution in [2.75, 3.05) is 19.0 Å². The van der Waals surface area contributed by atoms with Gasteiger partial charge in [0.05, 0.1) is 25.0 Å². The average molecular weight is 445 g/mol. The lowest BCUT2D eigenvalue weighted by Crippen LogP contribution is -2.15. The minimum atomic E-state index is -0.641. The Labute approximate surface area is 181 Å². The van der Waals surface area contributed by atoms with Gasteiger partial charge in [-0.05, 0) is 49.2 Å². The van der Waals surface area contributed by atoms with E-state index < -0.39 is 17.8 Å². The number of aromatic nitrogens is 2. The summed E-state index contributed by atoms with van der Waals surface area (Å²) in [5, 5.41) is 9.50. The van der Waals surface area contributed by atoms with Crippen LogP contribution in [0, 0.1) is 12.7 Å². The van der Waals surface area contributed by atoms with Crippen LogP contribution >= 0.6 is 11.3 Å². The summed E-state index contributed by atoms with van der Waals surface area (Å²) in [5.41, 5.74) is 1.67. The number of carbonyl (C=O) groups excluding carboxylic acids is 3. The number of hydrogen-bond donors (Lipinski definition) is 2. The summed E-state index contributed by atoms with van der Waals surface area (Å²) in [4.78, 5) is 37.5. The quantitative estimate of drug-likeness (QED) is 0.528. The highest BCUT2D eigenvalue weighted by Gasteiger charge is 2.27. The molecular formula is C21H20FN3O5S. The molecule has 2 N–H and O–H groups in total. The van der Waals surface area contributed by atoms with Gasteiger partial charge in [-0.3, -0.25) is 9.89 Å². The first kappa shape index (κ1) is 22.2. The molecule has 2 aromatic heterocycles. The van der Waals surface area contributed by atoms with Gasteiger partial charge in [-0.25, -0.2) is 14.0 Å². The number of H-pyrrole nitrogens is 1. The van der Waals surface area contributed by atoms with Crippen LogP contribution < -0.4 is 5.32 Å². The van der Waals surface area contributed by atoms with E-state index in [2.05, 4.69) is 15.5 Å². The molecule has 2 heterocycles. The zero-order valence-corrected chi connectivity index (χ0v) is 17.9. The smallest absolute Gasteiger partial charge is 0.348 e. The second-order valence-electron chi connectivity index (χ2n) is 6.52. The zero-order valence-electron chi connectivity index (χ0n) is 17.1. The Bertz CT molecular complexity index is 1120. The number of nitrogens with zero attached hydrogens (tertiary/aromatic N) is 1. The fraction of sp³-hybridized carbons (Fsp3) is 0.238. The minimum absolute atomic E-state index is 0.102. The van der Waals surface area contributed by atoms with Crippen LogP contribution in [0.4, 0.5) is 9.39 Å². The van der Waals surface area contributed by atoms with Crippen molar-refractivity contribution in [3.63, 3.8) is 0 Å². The molecule has 0 radical (unpaired) electrons. The number of methoxy groups -OCH3 is 1. The number of ether oxygens (including phenoxy) is 2. The second kappa shape index (κ2) is 9.52. The molecule has 0 fully saturated rings. The van der Waals surface area contributed by atoms with Crippen molar-refractivity contribution in [1.29, 1.82) is 0 Å². The lowest BCUT2D eigenvalue weighted by molar-refractivity contribution is 0.0506. The highest BCUT2D eigenvalue weighted by Crippen LogP contribution is 2.34. The maximum atomic E-state index is 13.1. The van der Waals surface area contributed by atoms with Gasteiger partial charge in [0.25, 0.3) is 5.91 Å². The molecule has 0 atom stereocenters. The number of carbonyl (C=O) groups is 3. The van der Waals surface area contributed by atoms with E-state index in [0.29, 0.717) is 23.2 Å². The Morgan fingerprint density at radius 2 is 1.90 bits per heavy atom. The van der Waals surface area contributed by atoms with Crippen molar-refractivity contribution >= 4 is 34.2 Å². The Morgan fingerprint density at radius 3 is 2.55 bits per heavy atom. The number of amides is 1. The largest absolute Gasteiger partial charge is 0.465 e. The molecule has 0 spiro atoms. The molecule has 0 saturated heterocycles. The van der Waals surface area contributed by atoms with Gasteiger partial charge in [-0.2, -0.15) is 5.10 Å². The molecule has 0 saturated carbocycles. The van der Waals surface area contributed by atoms with Gasteiger partial charge in [0.1, 0.15) is 21.4 Å². The van der Waals surface area contributed by atoms with E-state index >= 15 is 0 Å². The fourth-order valence-electron chi connectivity index (χ4n) is 2.78. The number of thiophene rings is 1. The first-order chi connectivity index (χ1) is 14.8. The second-order valence-corrected chi connectivity index (χ2v) is 7.54. The zero-order chi connectivity index (χ0) is 22.5. The maximum absolute atomic E-state index is 13.1. The highest BCUT2D eigenvalue weighted by atomic mass is 32.1. The number of esters is 2. The van der Waals surface area contributed by atoms with Crippen LogP contribution in [-0.4, -0.2) is 41.8 Å². The minimum Gasteiger partial charge on any atom is -0.465 e. The Balaban J connectivity index is 1.89. The third kappa shape index (κ3) is 4.80. The van der Waals surface area contributed by atoms with Gasteiger partial charge in [0.15, 0.2) is 0 Å². The van der Waals surface area contributed by atoms with Crippen LogP contribution in [0.5, 0.6) is 0 Å². The molecule has 0 aliphatic heterocycles. The summed E-state index contributed by atoms with van der Waals surface area (Å²) in [5.74, 6) is -2.21. The lowest BCUT2D eigenvalue weighted by Gasteiger charge is -2.07.